The fourth-order valence-electron chi connectivity index (χ4n) is 4.23. The van der Waals surface area contributed by atoms with Gasteiger partial charge >= 0.3 is 0 Å². The Kier molecular flexibility index (Phi) is 10.0. The predicted octanol–water partition coefficient (Wildman–Crippen LogP) is 6.73. The lowest BCUT2D eigenvalue weighted by Crippen LogP contribution is -2.22. The van der Waals surface area contributed by atoms with Crippen LogP contribution in [0.2, 0.25) is 0 Å². The first-order valence-corrected chi connectivity index (χ1v) is 13.7. The maximum absolute atomic E-state index is 4.72. The molecule has 0 amide bonds. The van der Waals surface area contributed by atoms with Crippen LogP contribution in [0, 0.1) is 0 Å². The summed E-state index contributed by atoms with van der Waals surface area (Å²) in [7, 11) is 0. The average Bonchev–Trinajstić information content (AvgIpc) is 2.97. The van der Waals surface area contributed by atoms with Crippen LogP contribution in [-0.4, -0.2) is 24.8 Å². The molecule has 5 nitrogen and oxygen atoms in total. The summed E-state index contributed by atoms with van der Waals surface area (Å²) >= 11 is 0. The Balaban J connectivity index is 1.56. The molecule has 196 valence electrons. The van der Waals surface area contributed by atoms with Crippen LogP contribution in [0.25, 0.3) is 0 Å². The molecule has 0 spiro atoms. The molecule has 0 radical (unpaired) electrons. The maximum Gasteiger partial charge on any atom is 0.0601 e. The molecule has 5 heteroatoms. The zero-order chi connectivity index (χ0) is 26.6. The molecular formula is C33H39N5. The molecule has 4 rings (SSSR count). The van der Waals surface area contributed by atoms with Crippen LogP contribution in [0.15, 0.2) is 97.7 Å². The molecule has 3 heterocycles. The number of rotatable bonds is 13. The molecule has 0 N–H and O–H groups in total. The van der Waals surface area contributed by atoms with Crippen molar-refractivity contribution in [3.05, 3.63) is 137 Å². The van der Waals surface area contributed by atoms with E-state index in [1.165, 1.54) is 22.3 Å². The number of hydrogen-bond donors (Lipinski definition) is 0. The molecule has 0 aliphatic heterocycles. The van der Waals surface area contributed by atoms with Gasteiger partial charge < -0.3 is 9.80 Å². The third kappa shape index (κ3) is 8.27. The number of aryl methyl sites for hydroxylation is 3. The number of benzene rings is 1. The van der Waals surface area contributed by atoms with Crippen molar-refractivity contribution in [1.29, 1.82) is 0 Å². The van der Waals surface area contributed by atoms with Gasteiger partial charge in [-0.2, -0.15) is 0 Å². The van der Waals surface area contributed by atoms with E-state index in [0.29, 0.717) is 13.1 Å². The summed E-state index contributed by atoms with van der Waals surface area (Å²) < 4.78 is 0. The van der Waals surface area contributed by atoms with Gasteiger partial charge in [-0.1, -0.05) is 69.3 Å². The first-order valence-electron chi connectivity index (χ1n) is 13.7. The van der Waals surface area contributed by atoms with Crippen molar-refractivity contribution in [2.24, 2.45) is 0 Å². The van der Waals surface area contributed by atoms with Crippen LogP contribution in [0.5, 0.6) is 0 Å². The van der Waals surface area contributed by atoms with Crippen LogP contribution in [0.3, 0.4) is 0 Å². The molecule has 1 aromatic carbocycles. The molecule has 0 aliphatic carbocycles. The highest BCUT2D eigenvalue weighted by atomic mass is 15.2. The van der Waals surface area contributed by atoms with Crippen LogP contribution >= 0.6 is 0 Å². The van der Waals surface area contributed by atoms with Gasteiger partial charge in [0.25, 0.3) is 0 Å². The lowest BCUT2D eigenvalue weighted by molar-refractivity contribution is 0.317. The van der Waals surface area contributed by atoms with Crippen molar-refractivity contribution < 1.29 is 0 Å². The molecule has 0 aliphatic rings. The summed E-state index contributed by atoms with van der Waals surface area (Å²) in [6.45, 7) is 9.42. The van der Waals surface area contributed by atoms with Crippen LogP contribution in [0.4, 0.5) is 0 Å². The molecule has 3 aromatic heterocycles. The normalized spacial score (nSPS) is 11.1. The minimum atomic E-state index is 0.709. The largest absolute Gasteiger partial charge is 0.366 e. The summed E-state index contributed by atoms with van der Waals surface area (Å²) in [5, 5.41) is 0. The van der Waals surface area contributed by atoms with E-state index in [1.54, 1.807) is 0 Å². The smallest absolute Gasteiger partial charge is 0.0601 e. The van der Waals surface area contributed by atoms with E-state index in [4.69, 9.17) is 15.0 Å². The zero-order valence-electron chi connectivity index (χ0n) is 22.9. The Labute approximate surface area is 227 Å². The summed E-state index contributed by atoms with van der Waals surface area (Å²) in [5.41, 5.74) is 8.18. The Morgan fingerprint density at radius 1 is 0.474 bits per heavy atom. The van der Waals surface area contributed by atoms with Crippen LogP contribution in [0.1, 0.15) is 60.1 Å². The molecule has 4 aromatic rings. The Hall–Kier alpha value is -3.99. The third-order valence-electron chi connectivity index (χ3n) is 6.69. The Bertz CT molecular complexity index is 1200. The monoisotopic (exact) mass is 505 g/mol. The van der Waals surface area contributed by atoms with E-state index in [9.17, 15) is 0 Å². The van der Waals surface area contributed by atoms with E-state index in [0.717, 1.165) is 49.4 Å². The SMILES string of the molecule is CCc1ccc(CN(C=CN(Cc2ccc(CC)cn2)Cc2ccc(CC)cn2)Cc2ccccc2)nc1. The molecule has 38 heavy (non-hydrogen) atoms. The molecule has 0 atom stereocenters. The Morgan fingerprint density at radius 3 is 1.21 bits per heavy atom. The second-order valence-electron chi connectivity index (χ2n) is 9.63. The average molecular weight is 506 g/mol. The molecule has 0 saturated heterocycles. The summed E-state index contributed by atoms with van der Waals surface area (Å²) in [4.78, 5) is 18.8. The summed E-state index contributed by atoms with van der Waals surface area (Å²) in [6.07, 6.45) is 13.3. The highest BCUT2D eigenvalue weighted by Gasteiger charge is 2.09. The standard InChI is InChI=1S/C33H39N5/c1-4-27-12-15-31(34-20-27)24-37(23-30-10-8-7-9-11-30)18-19-38(25-32-16-13-28(5-2)21-35-32)26-33-17-14-29(6-3)22-36-33/h7-22H,4-6,23-26H2,1-3H3. The van der Waals surface area contributed by atoms with Crippen molar-refractivity contribution in [3.8, 4) is 0 Å². The van der Waals surface area contributed by atoms with E-state index < -0.39 is 0 Å². The van der Waals surface area contributed by atoms with Gasteiger partial charge in [-0.3, -0.25) is 15.0 Å². The third-order valence-corrected chi connectivity index (χ3v) is 6.69. The predicted molar refractivity (Wildman–Crippen MR) is 155 cm³/mol. The fourth-order valence-corrected chi connectivity index (χ4v) is 4.23. The van der Waals surface area contributed by atoms with Gasteiger partial charge in [0, 0.05) is 37.5 Å². The van der Waals surface area contributed by atoms with E-state index >= 15 is 0 Å². The first-order chi connectivity index (χ1) is 18.6. The zero-order valence-corrected chi connectivity index (χ0v) is 22.9. The number of hydrogen-bond acceptors (Lipinski definition) is 5. The highest BCUT2D eigenvalue weighted by molar-refractivity contribution is 5.18. The van der Waals surface area contributed by atoms with E-state index in [1.807, 2.05) is 18.6 Å². The van der Waals surface area contributed by atoms with Gasteiger partial charge in [-0.05, 0) is 59.7 Å². The molecule has 0 fully saturated rings. The fraction of sp³-hybridized carbons (Fsp3) is 0.303. The number of pyridine rings is 3. The quantitative estimate of drug-likeness (QED) is 0.201. The van der Waals surface area contributed by atoms with Crippen molar-refractivity contribution in [3.63, 3.8) is 0 Å². The highest BCUT2D eigenvalue weighted by Crippen LogP contribution is 2.14. The van der Waals surface area contributed by atoms with Crippen LogP contribution in [-0.2, 0) is 45.4 Å². The number of aromatic nitrogens is 3. The summed E-state index contributed by atoms with van der Waals surface area (Å²) in [5.74, 6) is 0. The molecule has 0 saturated carbocycles. The van der Waals surface area contributed by atoms with Gasteiger partial charge in [0.1, 0.15) is 0 Å². The van der Waals surface area contributed by atoms with Gasteiger partial charge in [0.2, 0.25) is 0 Å². The van der Waals surface area contributed by atoms with Gasteiger partial charge in [0.15, 0.2) is 0 Å². The van der Waals surface area contributed by atoms with E-state index in [-0.39, 0.29) is 0 Å². The molecular weight excluding hydrogens is 466 g/mol. The lowest BCUT2D eigenvalue weighted by Gasteiger charge is -2.24. The second kappa shape index (κ2) is 14.1. The van der Waals surface area contributed by atoms with Crippen molar-refractivity contribution >= 4 is 0 Å². The van der Waals surface area contributed by atoms with Crippen molar-refractivity contribution in [1.82, 2.24) is 24.8 Å². The maximum atomic E-state index is 4.72. The minimum absolute atomic E-state index is 0.709. The van der Waals surface area contributed by atoms with Gasteiger partial charge in [0.05, 0.1) is 36.7 Å². The lowest BCUT2D eigenvalue weighted by atomic mass is 10.2. The first kappa shape index (κ1) is 27.1. The Morgan fingerprint density at radius 2 is 0.868 bits per heavy atom. The number of nitrogens with zero attached hydrogens (tertiary/aromatic N) is 5. The van der Waals surface area contributed by atoms with E-state index in [2.05, 4.69) is 110 Å². The topological polar surface area (TPSA) is 45.2 Å². The summed E-state index contributed by atoms with van der Waals surface area (Å²) in [6, 6.07) is 23.5. The minimum Gasteiger partial charge on any atom is -0.366 e. The van der Waals surface area contributed by atoms with Crippen LogP contribution < -0.4 is 0 Å². The van der Waals surface area contributed by atoms with Crippen molar-refractivity contribution in [2.75, 3.05) is 0 Å². The van der Waals surface area contributed by atoms with Gasteiger partial charge in [-0.25, -0.2) is 0 Å². The molecule has 0 bridgehead atoms. The second-order valence-corrected chi connectivity index (χ2v) is 9.63. The van der Waals surface area contributed by atoms with Crippen molar-refractivity contribution in [2.45, 2.75) is 66.2 Å². The molecule has 0 unspecified atom stereocenters. The van der Waals surface area contributed by atoms with Gasteiger partial charge in [-0.15, -0.1) is 0 Å².